The molecule has 0 aromatic heterocycles. The second kappa shape index (κ2) is 17.5. The fraction of sp³-hybridized carbons (Fsp3) is 0.587. The number of anilines is 1. The first-order valence-corrected chi connectivity index (χ1v) is 21.2. The average Bonchev–Trinajstić information content (AvgIpc) is 3.71. The highest BCUT2D eigenvalue weighted by molar-refractivity contribution is 6.19. The minimum absolute atomic E-state index is 0.0364. The number of methoxy groups -OCH3 is 1. The second-order valence-corrected chi connectivity index (χ2v) is 18.0. The van der Waals surface area contributed by atoms with Crippen molar-refractivity contribution in [1.82, 2.24) is 4.90 Å². The number of allylic oxidation sites excluding steroid dienone is 2. The van der Waals surface area contributed by atoms with Crippen molar-refractivity contribution in [2.75, 3.05) is 32.1 Å². The number of piperidine rings is 1. The van der Waals surface area contributed by atoms with Gasteiger partial charge in [-0.2, -0.15) is 0 Å². The molecule has 0 aliphatic carbocycles. The summed E-state index contributed by atoms with van der Waals surface area (Å²) in [6.45, 7) is 19.5. The number of rotatable bonds is 4. The number of hydrogen-bond donors (Lipinski definition) is 5. The van der Waals surface area contributed by atoms with Gasteiger partial charge in [0.15, 0.2) is 11.4 Å². The first kappa shape index (κ1) is 45.7. The minimum atomic E-state index is -1.96. The first-order valence-electron chi connectivity index (χ1n) is 21.2. The fourth-order valence-corrected chi connectivity index (χ4v) is 9.20. The van der Waals surface area contributed by atoms with Gasteiger partial charge in [0, 0.05) is 93.6 Å². The number of likely N-dealkylation sites (tertiary alicyclic amines) is 1. The number of aliphatic hydroxyl groups is 2. The molecule has 0 saturated carbocycles. The predicted octanol–water partition coefficient (Wildman–Crippen LogP) is 4.75. The molecule has 1 saturated heterocycles. The SMILES string of the molecule is CO[C@@H]1/C=C/O[C@@]2(C)Oc3c(C)c(O)c4c(O)c(c5c(c4c3C2=O)=NC2(CCN(CC(C)C)CC2)N=5)NC(=O)/C(C)=C/C=C/[C@H](C)[C@H](O)[C@@H](C)[C@@H](O)[C@@H](C)[C@H](OC(C)=O)[C@H]1C. The van der Waals surface area contributed by atoms with E-state index in [9.17, 15) is 34.8 Å². The van der Waals surface area contributed by atoms with Gasteiger partial charge in [-0.25, -0.2) is 0 Å². The van der Waals surface area contributed by atoms with E-state index < -0.39 is 82.9 Å². The van der Waals surface area contributed by atoms with Crippen LogP contribution in [0.5, 0.6) is 17.2 Å². The maximum absolute atomic E-state index is 14.7. The van der Waals surface area contributed by atoms with E-state index in [4.69, 9.17) is 28.9 Å². The number of ether oxygens (including phenoxy) is 4. The molecular formula is C46H62N4O11. The van der Waals surface area contributed by atoms with Crippen molar-refractivity contribution in [3.63, 3.8) is 0 Å². The number of amides is 1. The summed E-state index contributed by atoms with van der Waals surface area (Å²) in [5.74, 6) is -6.44. The molecule has 1 fully saturated rings. The molecule has 6 rings (SSSR count). The third kappa shape index (κ3) is 8.54. The van der Waals surface area contributed by atoms with E-state index >= 15 is 0 Å². The van der Waals surface area contributed by atoms with E-state index in [0.717, 1.165) is 6.54 Å². The van der Waals surface area contributed by atoms with Crippen LogP contribution >= 0.6 is 0 Å². The smallest absolute Gasteiger partial charge is 0.312 e. The number of carbonyl (C=O) groups excluding carboxylic acids is 3. The van der Waals surface area contributed by atoms with Gasteiger partial charge in [-0.05, 0) is 25.8 Å². The Morgan fingerprint density at radius 3 is 2.25 bits per heavy atom. The number of aliphatic hydroxyl groups excluding tert-OH is 2. The molecule has 332 valence electrons. The van der Waals surface area contributed by atoms with Crippen LogP contribution in [0.1, 0.15) is 91.1 Å². The average molecular weight is 847 g/mol. The highest BCUT2D eigenvalue weighted by Crippen LogP contribution is 2.50. The number of carbonyl (C=O) groups is 3. The summed E-state index contributed by atoms with van der Waals surface area (Å²) < 4.78 is 24.0. The molecule has 1 amide bonds. The summed E-state index contributed by atoms with van der Waals surface area (Å²) in [4.78, 5) is 53.7. The monoisotopic (exact) mass is 846 g/mol. The van der Waals surface area contributed by atoms with Crippen molar-refractivity contribution in [3.8, 4) is 17.2 Å². The van der Waals surface area contributed by atoms with Crippen molar-refractivity contribution in [2.45, 2.75) is 118 Å². The van der Waals surface area contributed by atoms with Gasteiger partial charge in [-0.1, -0.05) is 59.8 Å². The summed E-state index contributed by atoms with van der Waals surface area (Å²) in [7, 11) is 1.47. The number of aromatic hydroxyl groups is 2. The maximum Gasteiger partial charge on any atom is 0.312 e. The quantitative estimate of drug-likeness (QED) is 0.209. The Hall–Kier alpha value is -4.83. The molecule has 61 heavy (non-hydrogen) atoms. The number of phenolic OH excluding ortho intramolecular Hbond substituents is 2. The van der Waals surface area contributed by atoms with Gasteiger partial charge < -0.3 is 49.6 Å². The minimum Gasteiger partial charge on any atom is -0.507 e. The summed E-state index contributed by atoms with van der Waals surface area (Å²) in [5, 5.41) is 50.2. The topological polar surface area (TPSA) is 209 Å². The van der Waals surface area contributed by atoms with Crippen LogP contribution < -0.4 is 20.8 Å². The molecule has 2 aromatic carbocycles. The Bertz CT molecular complexity index is 2300. The number of phenols is 2. The fourth-order valence-electron chi connectivity index (χ4n) is 9.20. The molecule has 15 heteroatoms. The van der Waals surface area contributed by atoms with Crippen LogP contribution in [0.15, 0.2) is 46.1 Å². The Balaban J connectivity index is 1.54. The molecule has 4 bridgehead atoms. The highest BCUT2D eigenvalue weighted by Gasteiger charge is 2.50. The summed E-state index contributed by atoms with van der Waals surface area (Å²) in [6, 6.07) is 0. The van der Waals surface area contributed by atoms with Crippen LogP contribution in [0.4, 0.5) is 5.69 Å². The van der Waals surface area contributed by atoms with Crippen molar-refractivity contribution in [3.05, 3.63) is 58.0 Å². The lowest BCUT2D eigenvalue weighted by Crippen LogP contribution is -2.46. The van der Waals surface area contributed by atoms with Gasteiger partial charge in [0.05, 0.1) is 40.9 Å². The van der Waals surface area contributed by atoms with Crippen molar-refractivity contribution >= 4 is 34.1 Å². The zero-order chi connectivity index (χ0) is 44.9. The van der Waals surface area contributed by atoms with Gasteiger partial charge in [-0.15, -0.1) is 0 Å². The van der Waals surface area contributed by atoms with Gasteiger partial charge >= 0.3 is 11.8 Å². The van der Waals surface area contributed by atoms with E-state index in [-0.39, 0.29) is 55.4 Å². The van der Waals surface area contributed by atoms with E-state index in [1.54, 1.807) is 65.8 Å². The lowest BCUT2D eigenvalue weighted by Gasteiger charge is -2.38. The molecule has 9 atom stereocenters. The number of nitrogens with one attached hydrogen (secondary N) is 1. The number of esters is 1. The molecule has 0 radical (unpaired) electrons. The van der Waals surface area contributed by atoms with Crippen molar-refractivity contribution in [1.29, 1.82) is 0 Å². The lowest BCUT2D eigenvalue weighted by atomic mass is 9.78. The van der Waals surface area contributed by atoms with Gasteiger partial charge in [0.25, 0.3) is 11.7 Å². The number of fused-ring (bicyclic) bond motifs is 1. The summed E-state index contributed by atoms with van der Waals surface area (Å²) in [6.07, 6.45) is 5.04. The molecule has 15 nitrogen and oxygen atoms in total. The van der Waals surface area contributed by atoms with Gasteiger partial charge in [0.1, 0.15) is 28.6 Å². The molecule has 4 aliphatic heterocycles. The van der Waals surface area contributed by atoms with Crippen LogP contribution in [0, 0.1) is 36.5 Å². The highest BCUT2D eigenvalue weighted by atomic mass is 16.7. The first-order chi connectivity index (χ1) is 28.6. The number of hydrogen-bond acceptors (Lipinski definition) is 14. The molecular weight excluding hydrogens is 785 g/mol. The number of Topliss-reactive ketones (excluding diaryl/α,β-unsaturated/α-hetero) is 1. The molecule has 4 heterocycles. The molecule has 4 aliphatic rings. The zero-order valence-electron chi connectivity index (χ0n) is 37.1. The maximum atomic E-state index is 14.7. The Kier molecular flexibility index (Phi) is 13.1. The van der Waals surface area contributed by atoms with Crippen molar-refractivity contribution < 1.29 is 53.8 Å². The Labute approximate surface area is 356 Å². The molecule has 1 spiro atoms. The zero-order valence-corrected chi connectivity index (χ0v) is 37.1. The van der Waals surface area contributed by atoms with E-state index in [1.165, 1.54) is 27.2 Å². The van der Waals surface area contributed by atoms with Crippen LogP contribution in [-0.4, -0.2) is 106 Å². The Morgan fingerprint density at radius 1 is 0.967 bits per heavy atom. The van der Waals surface area contributed by atoms with E-state index in [2.05, 4.69) is 24.1 Å². The normalized spacial score (nSPS) is 32.7. The van der Waals surface area contributed by atoms with Crippen LogP contribution in [-0.2, 0) is 23.8 Å². The third-order valence-corrected chi connectivity index (χ3v) is 12.9. The Morgan fingerprint density at radius 2 is 1.62 bits per heavy atom. The summed E-state index contributed by atoms with van der Waals surface area (Å²) in [5.41, 5.74) is -0.572. The summed E-state index contributed by atoms with van der Waals surface area (Å²) >= 11 is 0. The number of benzene rings is 2. The van der Waals surface area contributed by atoms with E-state index in [0.29, 0.717) is 31.8 Å². The third-order valence-electron chi connectivity index (χ3n) is 12.9. The largest absolute Gasteiger partial charge is 0.507 e. The van der Waals surface area contributed by atoms with Crippen LogP contribution in [0.2, 0.25) is 0 Å². The van der Waals surface area contributed by atoms with Gasteiger partial charge in [0.2, 0.25) is 0 Å². The van der Waals surface area contributed by atoms with Crippen LogP contribution in [0.25, 0.3) is 10.8 Å². The standard InChI is InChI=1S/C46H62N4O11/c1-22(2)21-50-18-16-46(17-19-50)48-34-31-32-39(54)28(8)42-33(31)43(56)45(10,61-42)59-20-15-30(58-11)25(5)41(60-29(9)51)27(7)38(53)26(6)37(52)23(3)13-12-14-24(4)44(57)47-36(40(32)55)35(34)49-46/h12-15,20,22-23,25-27,30,37-38,41,52-55H,16-19,21H2,1-11H3,(H,47,57)/b13-12+,20-15+,24-14+/t23-,25-,26+,27+,30+,37-,38+,41+,45-/m0/s1. The molecule has 0 unspecified atom stereocenters. The van der Waals surface area contributed by atoms with E-state index in [1.807, 2.05) is 0 Å². The number of nitrogens with zero attached hydrogens (tertiary/aromatic N) is 3. The van der Waals surface area contributed by atoms with Gasteiger partial charge in [-0.3, -0.25) is 24.4 Å². The predicted molar refractivity (Wildman–Crippen MR) is 228 cm³/mol. The number of ketones is 1. The molecule has 5 N–H and O–H groups in total. The second-order valence-electron chi connectivity index (χ2n) is 18.0. The molecule has 2 aromatic rings. The van der Waals surface area contributed by atoms with Crippen LogP contribution in [0.3, 0.4) is 0 Å². The lowest BCUT2D eigenvalue weighted by molar-refractivity contribution is -0.160. The van der Waals surface area contributed by atoms with Crippen molar-refractivity contribution in [2.24, 2.45) is 39.6 Å².